The summed E-state index contributed by atoms with van der Waals surface area (Å²) in [5.41, 5.74) is 0.541. The smallest absolute Gasteiger partial charge is 0.387 e. The van der Waals surface area contributed by atoms with Crippen molar-refractivity contribution in [2.45, 2.75) is 20.0 Å². The number of aromatic nitrogens is 2. The van der Waals surface area contributed by atoms with Crippen molar-refractivity contribution >= 4 is 23.2 Å². The monoisotopic (exact) mass is 304 g/mol. The quantitative estimate of drug-likeness (QED) is 0.797. The maximum Gasteiger partial charge on any atom is 0.387 e. The molecule has 2 heterocycles. The minimum atomic E-state index is -2.98. The average molecular weight is 305 g/mol. The van der Waals surface area contributed by atoms with Crippen molar-refractivity contribution < 1.29 is 23.0 Å². The number of hydrogen-bond acceptors (Lipinski definition) is 4. The molecule has 0 atom stereocenters. The molecule has 2 aromatic rings. The van der Waals surface area contributed by atoms with Crippen molar-refractivity contribution in [2.75, 3.05) is 6.61 Å². The van der Waals surface area contributed by atoms with Gasteiger partial charge in [-0.3, -0.25) is 4.79 Å². The van der Waals surface area contributed by atoms with E-state index in [4.69, 9.17) is 16.3 Å². The van der Waals surface area contributed by atoms with Gasteiger partial charge in [0.2, 0.25) is 0 Å². The highest BCUT2D eigenvalue weighted by Crippen LogP contribution is 2.25. The predicted molar refractivity (Wildman–Crippen MR) is 67.2 cm³/mol. The van der Waals surface area contributed by atoms with E-state index in [9.17, 15) is 13.6 Å². The molecule has 108 valence electrons. The van der Waals surface area contributed by atoms with Crippen LogP contribution in [0.2, 0.25) is 5.02 Å². The number of pyridine rings is 1. The first-order valence-corrected chi connectivity index (χ1v) is 6.15. The second-order valence-corrected chi connectivity index (χ2v) is 4.28. The summed E-state index contributed by atoms with van der Waals surface area (Å²) >= 11 is 5.81. The molecular formula is C12H11ClF2N2O3. The molecule has 0 saturated heterocycles. The SMILES string of the molecule is CCOC(=O)Cc1cn2cc(Cl)cc(OC(F)F)c2n1. The van der Waals surface area contributed by atoms with E-state index in [1.807, 2.05) is 0 Å². The first kappa shape index (κ1) is 14.5. The molecule has 0 bridgehead atoms. The molecule has 20 heavy (non-hydrogen) atoms. The van der Waals surface area contributed by atoms with E-state index in [1.54, 1.807) is 6.92 Å². The minimum absolute atomic E-state index is 0.0543. The van der Waals surface area contributed by atoms with Crippen molar-refractivity contribution in [1.82, 2.24) is 9.38 Å². The Hall–Kier alpha value is -1.89. The van der Waals surface area contributed by atoms with Crippen LogP contribution in [-0.2, 0) is 16.0 Å². The number of rotatable bonds is 5. The van der Waals surface area contributed by atoms with Crippen molar-refractivity contribution in [1.29, 1.82) is 0 Å². The Morgan fingerprint density at radius 1 is 1.50 bits per heavy atom. The molecule has 0 radical (unpaired) electrons. The molecule has 0 aliphatic rings. The van der Waals surface area contributed by atoms with Crippen LogP contribution < -0.4 is 4.74 Å². The molecule has 0 aliphatic carbocycles. The van der Waals surface area contributed by atoms with Gasteiger partial charge in [-0.05, 0) is 6.92 Å². The fourth-order valence-corrected chi connectivity index (χ4v) is 1.92. The third-order valence-corrected chi connectivity index (χ3v) is 2.59. The maximum absolute atomic E-state index is 12.3. The van der Waals surface area contributed by atoms with Crippen LogP contribution in [0.25, 0.3) is 5.65 Å². The van der Waals surface area contributed by atoms with Crippen molar-refractivity contribution in [3.8, 4) is 5.75 Å². The van der Waals surface area contributed by atoms with Gasteiger partial charge in [0.25, 0.3) is 0 Å². The van der Waals surface area contributed by atoms with Crippen molar-refractivity contribution in [3.05, 3.63) is 29.2 Å². The summed E-state index contributed by atoms with van der Waals surface area (Å²) in [6, 6.07) is 1.24. The lowest BCUT2D eigenvalue weighted by Crippen LogP contribution is -2.07. The van der Waals surface area contributed by atoms with E-state index in [1.165, 1.54) is 22.9 Å². The standard InChI is InChI=1S/C12H11ClF2N2O3/c1-2-19-10(18)4-8-6-17-5-7(13)3-9(11(17)16-8)20-12(14)15/h3,5-6,12H,2,4H2,1H3. The highest BCUT2D eigenvalue weighted by molar-refractivity contribution is 6.30. The molecular weight excluding hydrogens is 294 g/mol. The Morgan fingerprint density at radius 2 is 2.25 bits per heavy atom. The molecule has 0 unspecified atom stereocenters. The number of carbonyl (C=O) groups is 1. The number of nitrogens with zero attached hydrogens (tertiary/aromatic N) is 2. The number of carbonyl (C=O) groups excluding carboxylic acids is 1. The van der Waals surface area contributed by atoms with E-state index in [0.717, 1.165) is 0 Å². The Morgan fingerprint density at radius 3 is 2.90 bits per heavy atom. The molecule has 0 N–H and O–H groups in total. The highest BCUT2D eigenvalue weighted by Gasteiger charge is 2.15. The van der Waals surface area contributed by atoms with Crippen molar-refractivity contribution in [2.24, 2.45) is 0 Å². The molecule has 5 nitrogen and oxygen atoms in total. The summed E-state index contributed by atoms with van der Waals surface area (Å²) in [6.07, 6.45) is 2.94. The van der Waals surface area contributed by atoms with Gasteiger partial charge in [-0.15, -0.1) is 0 Å². The van der Waals surface area contributed by atoms with Gasteiger partial charge in [0.15, 0.2) is 11.4 Å². The van der Waals surface area contributed by atoms with Crippen LogP contribution in [0.3, 0.4) is 0 Å². The van der Waals surface area contributed by atoms with Crippen molar-refractivity contribution in [3.63, 3.8) is 0 Å². The summed E-state index contributed by atoms with van der Waals surface area (Å²) < 4.78 is 35.2. The van der Waals surface area contributed by atoms with Crippen LogP contribution in [0, 0.1) is 0 Å². The summed E-state index contributed by atoms with van der Waals surface area (Å²) in [6.45, 7) is -1.03. The van der Waals surface area contributed by atoms with E-state index in [2.05, 4.69) is 9.72 Å². The number of halogens is 3. The Bertz CT molecular complexity index is 630. The number of alkyl halides is 2. The van der Waals surface area contributed by atoms with Gasteiger partial charge in [0.05, 0.1) is 23.7 Å². The molecule has 0 aliphatic heterocycles. The zero-order valence-corrected chi connectivity index (χ0v) is 11.2. The fourth-order valence-electron chi connectivity index (χ4n) is 1.71. The van der Waals surface area contributed by atoms with Crippen LogP contribution in [0.1, 0.15) is 12.6 Å². The Kier molecular flexibility index (Phi) is 4.39. The zero-order valence-electron chi connectivity index (χ0n) is 10.5. The lowest BCUT2D eigenvalue weighted by Gasteiger charge is -2.06. The number of imidazole rings is 1. The lowest BCUT2D eigenvalue weighted by molar-refractivity contribution is -0.142. The molecule has 8 heteroatoms. The molecule has 2 rings (SSSR count). The van der Waals surface area contributed by atoms with Gasteiger partial charge < -0.3 is 13.9 Å². The maximum atomic E-state index is 12.3. The number of hydrogen-bond donors (Lipinski definition) is 0. The van der Waals surface area contributed by atoms with Crippen LogP contribution >= 0.6 is 11.6 Å². The fraction of sp³-hybridized carbons (Fsp3) is 0.333. The first-order valence-electron chi connectivity index (χ1n) is 5.77. The number of ether oxygens (including phenoxy) is 2. The predicted octanol–water partition coefficient (Wildman–Crippen LogP) is 2.69. The van der Waals surface area contributed by atoms with E-state index in [-0.39, 0.29) is 29.4 Å². The van der Waals surface area contributed by atoms with Crippen LogP contribution in [0.5, 0.6) is 5.75 Å². The molecule has 0 spiro atoms. The zero-order chi connectivity index (χ0) is 14.7. The normalized spacial score (nSPS) is 11.1. The lowest BCUT2D eigenvalue weighted by atomic mass is 10.3. The topological polar surface area (TPSA) is 52.8 Å². The summed E-state index contributed by atoms with van der Waals surface area (Å²) in [7, 11) is 0. The Labute approximate surface area is 118 Å². The third-order valence-electron chi connectivity index (χ3n) is 2.38. The molecule has 2 aromatic heterocycles. The molecule has 0 saturated carbocycles. The Balaban J connectivity index is 2.34. The van der Waals surface area contributed by atoms with Gasteiger partial charge >= 0.3 is 12.6 Å². The van der Waals surface area contributed by atoms with Gasteiger partial charge in [-0.1, -0.05) is 11.6 Å². The molecule has 0 fully saturated rings. The number of esters is 1. The molecule has 0 aromatic carbocycles. The number of fused-ring (bicyclic) bond motifs is 1. The summed E-state index contributed by atoms with van der Waals surface area (Å²) in [5.74, 6) is -0.596. The van der Waals surface area contributed by atoms with Gasteiger partial charge in [-0.2, -0.15) is 8.78 Å². The first-order chi connectivity index (χ1) is 9.49. The van der Waals surface area contributed by atoms with Crippen LogP contribution in [-0.4, -0.2) is 28.6 Å². The largest absolute Gasteiger partial charge is 0.466 e. The highest BCUT2D eigenvalue weighted by atomic mass is 35.5. The summed E-state index contributed by atoms with van der Waals surface area (Å²) in [4.78, 5) is 15.4. The van der Waals surface area contributed by atoms with E-state index in [0.29, 0.717) is 5.69 Å². The van der Waals surface area contributed by atoms with Gasteiger partial charge in [-0.25, -0.2) is 4.98 Å². The van der Waals surface area contributed by atoms with Gasteiger partial charge in [0, 0.05) is 18.5 Å². The molecule has 0 amide bonds. The van der Waals surface area contributed by atoms with E-state index >= 15 is 0 Å². The van der Waals surface area contributed by atoms with Crippen LogP contribution in [0.15, 0.2) is 18.5 Å². The van der Waals surface area contributed by atoms with Crippen LogP contribution in [0.4, 0.5) is 8.78 Å². The average Bonchev–Trinajstić information content (AvgIpc) is 2.70. The third kappa shape index (κ3) is 3.36. The van der Waals surface area contributed by atoms with E-state index < -0.39 is 12.6 Å². The summed E-state index contributed by atoms with van der Waals surface area (Å²) in [5, 5.41) is 0.216. The van der Waals surface area contributed by atoms with Gasteiger partial charge in [0.1, 0.15) is 0 Å². The minimum Gasteiger partial charge on any atom is -0.466 e. The second kappa shape index (κ2) is 6.04. The second-order valence-electron chi connectivity index (χ2n) is 3.85.